The Labute approximate surface area is 113 Å². The highest BCUT2D eigenvalue weighted by Crippen LogP contribution is 2.18. The molecule has 2 aromatic carbocycles. The van der Waals surface area contributed by atoms with Gasteiger partial charge in [-0.2, -0.15) is 5.26 Å². The Morgan fingerprint density at radius 2 is 1.89 bits per heavy atom. The molecular weight excluding hydrogens is 297 g/mol. The molecule has 0 radical (unpaired) electrons. The second-order valence-electron chi connectivity index (χ2n) is 3.67. The highest BCUT2D eigenvalue weighted by molar-refractivity contribution is 9.10. The highest BCUT2D eigenvalue weighted by Gasteiger charge is 2.03. The van der Waals surface area contributed by atoms with E-state index in [1.165, 1.54) is 12.1 Å². The van der Waals surface area contributed by atoms with E-state index in [9.17, 15) is 4.39 Å². The lowest BCUT2D eigenvalue weighted by molar-refractivity contribution is 0.305. The van der Waals surface area contributed by atoms with E-state index in [0.29, 0.717) is 11.3 Å². The van der Waals surface area contributed by atoms with Crippen molar-refractivity contribution in [2.45, 2.75) is 6.61 Å². The molecule has 0 amide bonds. The lowest BCUT2D eigenvalue weighted by atomic mass is 10.1. The predicted molar refractivity (Wildman–Crippen MR) is 69.6 cm³/mol. The Morgan fingerprint density at radius 1 is 1.17 bits per heavy atom. The molecule has 0 saturated heterocycles. The summed E-state index contributed by atoms with van der Waals surface area (Å²) in [6.45, 7) is 0.268. The Bertz CT molecular complexity index is 590. The summed E-state index contributed by atoms with van der Waals surface area (Å²) in [4.78, 5) is 0. The number of ether oxygens (including phenoxy) is 1. The van der Waals surface area contributed by atoms with Crippen molar-refractivity contribution in [3.8, 4) is 11.8 Å². The van der Waals surface area contributed by atoms with Crippen LogP contribution in [0.15, 0.2) is 46.9 Å². The van der Waals surface area contributed by atoms with Crippen LogP contribution in [-0.2, 0) is 6.61 Å². The first-order chi connectivity index (χ1) is 8.69. The highest BCUT2D eigenvalue weighted by atomic mass is 79.9. The minimum Gasteiger partial charge on any atom is -0.489 e. The van der Waals surface area contributed by atoms with E-state index in [1.807, 2.05) is 24.3 Å². The molecule has 0 aromatic heterocycles. The summed E-state index contributed by atoms with van der Waals surface area (Å²) in [5.74, 6) is 0.192. The molecule has 0 aliphatic heterocycles. The van der Waals surface area contributed by atoms with Crippen LogP contribution in [-0.4, -0.2) is 0 Å². The second-order valence-corrected chi connectivity index (χ2v) is 4.58. The quantitative estimate of drug-likeness (QED) is 0.857. The van der Waals surface area contributed by atoms with E-state index < -0.39 is 5.82 Å². The number of nitrogens with zero attached hydrogens (tertiary/aromatic N) is 1. The zero-order chi connectivity index (χ0) is 13.0. The van der Waals surface area contributed by atoms with Gasteiger partial charge < -0.3 is 4.74 Å². The molecule has 0 aliphatic carbocycles. The van der Waals surface area contributed by atoms with Crippen LogP contribution in [0, 0.1) is 17.1 Å². The van der Waals surface area contributed by atoms with Crippen LogP contribution < -0.4 is 4.74 Å². The van der Waals surface area contributed by atoms with E-state index in [1.54, 1.807) is 12.1 Å². The lowest BCUT2D eigenvalue weighted by Crippen LogP contribution is -1.96. The van der Waals surface area contributed by atoms with Crippen molar-refractivity contribution in [1.82, 2.24) is 0 Å². The Balaban J connectivity index is 2.04. The van der Waals surface area contributed by atoms with Gasteiger partial charge in [0.1, 0.15) is 24.2 Å². The summed E-state index contributed by atoms with van der Waals surface area (Å²) < 4.78 is 19.8. The van der Waals surface area contributed by atoms with Crippen molar-refractivity contribution >= 4 is 15.9 Å². The average Bonchev–Trinajstić information content (AvgIpc) is 2.38. The summed E-state index contributed by atoms with van der Waals surface area (Å²) >= 11 is 3.33. The predicted octanol–water partition coefficient (Wildman–Crippen LogP) is 4.04. The molecule has 90 valence electrons. The van der Waals surface area contributed by atoms with E-state index in [0.717, 1.165) is 4.47 Å². The molecule has 2 rings (SSSR count). The van der Waals surface area contributed by atoms with Gasteiger partial charge in [0.2, 0.25) is 0 Å². The van der Waals surface area contributed by atoms with Gasteiger partial charge in [0.05, 0.1) is 5.56 Å². The molecule has 0 spiro atoms. The van der Waals surface area contributed by atoms with Crippen LogP contribution in [0.25, 0.3) is 0 Å². The molecule has 2 nitrogen and oxygen atoms in total. The number of nitriles is 1. The number of hydrogen-bond donors (Lipinski definition) is 0. The molecule has 0 heterocycles. The zero-order valence-electron chi connectivity index (χ0n) is 9.36. The van der Waals surface area contributed by atoms with Crippen LogP contribution in [0.1, 0.15) is 11.1 Å². The molecule has 0 bridgehead atoms. The van der Waals surface area contributed by atoms with Crippen molar-refractivity contribution in [3.63, 3.8) is 0 Å². The van der Waals surface area contributed by atoms with Gasteiger partial charge in [-0.1, -0.05) is 22.0 Å². The fourth-order valence-electron chi connectivity index (χ4n) is 1.44. The maximum Gasteiger partial charge on any atom is 0.141 e. The number of halogens is 2. The van der Waals surface area contributed by atoms with Crippen LogP contribution in [0.5, 0.6) is 5.75 Å². The summed E-state index contributed by atoms with van der Waals surface area (Å²) in [7, 11) is 0. The van der Waals surface area contributed by atoms with E-state index in [2.05, 4.69) is 15.9 Å². The number of benzene rings is 2. The van der Waals surface area contributed by atoms with Crippen molar-refractivity contribution in [1.29, 1.82) is 5.26 Å². The van der Waals surface area contributed by atoms with Crippen molar-refractivity contribution < 1.29 is 9.13 Å². The van der Waals surface area contributed by atoms with Crippen LogP contribution in [0.2, 0.25) is 0 Å². The smallest absolute Gasteiger partial charge is 0.141 e. The van der Waals surface area contributed by atoms with Crippen molar-refractivity contribution in [2.75, 3.05) is 0 Å². The van der Waals surface area contributed by atoms with Gasteiger partial charge in [-0.05, 0) is 42.0 Å². The van der Waals surface area contributed by atoms with Crippen LogP contribution in [0.4, 0.5) is 4.39 Å². The molecule has 0 aliphatic rings. The minimum atomic E-state index is -0.519. The SMILES string of the molecule is N#Cc1ccc(COc2ccc(Br)cc2)cc1F. The topological polar surface area (TPSA) is 33.0 Å². The minimum absolute atomic E-state index is 0.0439. The molecule has 18 heavy (non-hydrogen) atoms. The monoisotopic (exact) mass is 305 g/mol. The first kappa shape index (κ1) is 12.6. The molecule has 0 fully saturated rings. The fourth-order valence-corrected chi connectivity index (χ4v) is 1.70. The molecular formula is C14H9BrFNO. The van der Waals surface area contributed by atoms with Gasteiger partial charge in [-0.3, -0.25) is 0 Å². The van der Waals surface area contributed by atoms with Gasteiger partial charge in [-0.15, -0.1) is 0 Å². The third-order valence-corrected chi connectivity index (χ3v) is 2.90. The van der Waals surface area contributed by atoms with Crippen molar-refractivity contribution in [3.05, 3.63) is 63.9 Å². The van der Waals surface area contributed by atoms with Gasteiger partial charge in [0.15, 0.2) is 0 Å². The fraction of sp³-hybridized carbons (Fsp3) is 0.0714. The molecule has 0 atom stereocenters. The lowest BCUT2D eigenvalue weighted by Gasteiger charge is -2.06. The number of rotatable bonds is 3. The van der Waals surface area contributed by atoms with E-state index >= 15 is 0 Å². The van der Waals surface area contributed by atoms with Crippen LogP contribution >= 0.6 is 15.9 Å². The molecule has 0 unspecified atom stereocenters. The summed E-state index contributed by atoms with van der Waals surface area (Å²) in [5.41, 5.74) is 0.733. The maximum atomic E-state index is 13.3. The zero-order valence-corrected chi connectivity index (χ0v) is 10.9. The standard InChI is InChI=1S/C14H9BrFNO/c15-12-3-5-13(6-4-12)18-9-10-1-2-11(8-17)14(16)7-10/h1-7H,9H2. The van der Waals surface area contributed by atoms with Crippen molar-refractivity contribution in [2.24, 2.45) is 0 Å². The number of hydrogen-bond acceptors (Lipinski definition) is 2. The third kappa shape index (κ3) is 3.08. The van der Waals surface area contributed by atoms with Gasteiger partial charge in [-0.25, -0.2) is 4.39 Å². The van der Waals surface area contributed by atoms with E-state index in [-0.39, 0.29) is 12.2 Å². The third-order valence-electron chi connectivity index (χ3n) is 2.37. The Morgan fingerprint density at radius 3 is 2.50 bits per heavy atom. The average molecular weight is 306 g/mol. The first-order valence-corrected chi connectivity index (χ1v) is 6.05. The largest absolute Gasteiger partial charge is 0.489 e. The normalized spacial score (nSPS) is 9.83. The van der Waals surface area contributed by atoms with Gasteiger partial charge in [0.25, 0.3) is 0 Å². The summed E-state index contributed by atoms with van der Waals surface area (Å²) in [6, 6.07) is 13.6. The second kappa shape index (κ2) is 5.65. The Hall–Kier alpha value is -1.86. The maximum absolute atomic E-state index is 13.3. The Kier molecular flexibility index (Phi) is 3.96. The van der Waals surface area contributed by atoms with Gasteiger partial charge >= 0.3 is 0 Å². The van der Waals surface area contributed by atoms with Gasteiger partial charge in [0, 0.05) is 4.47 Å². The van der Waals surface area contributed by atoms with Crippen LogP contribution in [0.3, 0.4) is 0 Å². The molecule has 4 heteroatoms. The van der Waals surface area contributed by atoms with E-state index in [4.69, 9.17) is 10.00 Å². The summed E-state index contributed by atoms with van der Waals surface area (Å²) in [6.07, 6.45) is 0. The first-order valence-electron chi connectivity index (χ1n) is 5.26. The molecule has 2 aromatic rings. The molecule has 0 saturated carbocycles. The summed E-state index contributed by atoms with van der Waals surface area (Å²) in [5, 5.41) is 8.62. The molecule has 0 N–H and O–H groups in total.